The van der Waals surface area contributed by atoms with Crippen molar-refractivity contribution in [2.24, 2.45) is 0 Å². The predicted octanol–water partition coefficient (Wildman–Crippen LogP) is 1.89. The van der Waals surface area contributed by atoms with E-state index in [4.69, 9.17) is 16.3 Å². The molecular formula is C20H30ClN3O3. The van der Waals surface area contributed by atoms with E-state index in [1.54, 1.807) is 6.07 Å². The van der Waals surface area contributed by atoms with Gasteiger partial charge in [-0.1, -0.05) is 24.4 Å². The van der Waals surface area contributed by atoms with E-state index in [0.29, 0.717) is 31.2 Å². The van der Waals surface area contributed by atoms with Crippen molar-refractivity contribution in [3.05, 3.63) is 28.8 Å². The molecule has 2 heterocycles. The second-order valence-corrected chi connectivity index (χ2v) is 7.93. The number of benzene rings is 1. The number of β-amino-alcohol motifs (C(OH)–C–C–N with tert-alkyl or cyclic N) is 1. The molecule has 6 nitrogen and oxygen atoms in total. The lowest BCUT2D eigenvalue weighted by Crippen LogP contribution is -2.47. The average Bonchev–Trinajstić information content (AvgIpc) is 2.90. The predicted molar refractivity (Wildman–Crippen MR) is 106 cm³/mol. The third-order valence-corrected chi connectivity index (χ3v) is 5.37. The number of ether oxygens (including phenoxy) is 1. The molecule has 3 rings (SSSR count). The van der Waals surface area contributed by atoms with Crippen LogP contribution >= 0.6 is 11.6 Å². The summed E-state index contributed by atoms with van der Waals surface area (Å²) >= 11 is 6.16. The Bertz CT molecular complexity index is 620. The summed E-state index contributed by atoms with van der Waals surface area (Å²) < 4.78 is 5.93. The van der Waals surface area contributed by atoms with Crippen molar-refractivity contribution in [3.63, 3.8) is 0 Å². The summed E-state index contributed by atoms with van der Waals surface area (Å²) in [6, 6.07) is 5.52. The lowest BCUT2D eigenvalue weighted by atomic mass is 10.1. The molecule has 1 aromatic carbocycles. The first-order valence-corrected chi connectivity index (χ1v) is 10.3. The molecule has 2 aliphatic heterocycles. The van der Waals surface area contributed by atoms with Gasteiger partial charge in [0.1, 0.15) is 18.5 Å². The van der Waals surface area contributed by atoms with Crippen molar-refractivity contribution >= 4 is 17.5 Å². The van der Waals surface area contributed by atoms with E-state index in [1.807, 2.05) is 12.1 Å². The molecule has 2 aliphatic rings. The highest BCUT2D eigenvalue weighted by molar-refractivity contribution is 6.30. The molecule has 0 aromatic heterocycles. The molecule has 0 bridgehead atoms. The van der Waals surface area contributed by atoms with Gasteiger partial charge in [-0.2, -0.15) is 0 Å². The van der Waals surface area contributed by atoms with Crippen LogP contribution in [0.4, 0.5) is 0 Å². The number of carbonyl (C=O) groups excluding carboxylic acids is 1. The Morgan fingerprint density at radius 2 is 1.93 bits per heavy atom. The Morgan fingerprint density at radius 3 is 2.67 bits per heavy atom. The minimum Gasteiger partial charge on any atom is -0.491 e. The van der Waals surface area contributed by atoms with Crippen LogP contribution in [0.2, 0.25) is 5.02 Å². The van der Waals surface area contributed by atoms with Gasteiger partial charge in [-0.3, -0.25) is 9.69 Å². The van der Waals surface area contributed by atoms with E-state index in [2.05, 4.69) is 15.1 Å². The lowest BCUT2D eigenvalue weighted by molar-refractivity contribution is -0.124. The van der Waals surface area contributed by atoms with Crippen molar-refractivity contribution < 1.29 is 14.6 Å². The fraction of sp³-hybridized carbons (Fsp3) is 0.650. The van der Waals surface area contributed by atoms with Crippen molar-refractivity contribution in [1.29, 1.82) is 0 Å². The van der Waals surface area contributed by atoms with E-state index in [1.165, 1.54) is 25.7 Å². The summed E-state index contributed by atoms with van der Waals surface area (Å²) in [5.74, 6) is 0.763. The van der Waals surface area contributed by atoms with Crippen LogP contribution in [0.1, 0.15) is 31.2 Å². The first-order chi connectivity index (χ1) is 13.1. The van der Waals surface area contributed by atoms with Gasteiger partial charge < -0.3 is 20.1 Å². The van der Waals surface area contributed by atoms with Crippen LogP contribution in [-0.2, 0) is 11.3 Å². The Labute approximate surface area is 166 Å². The highest BCUT2D eigenvalue weighted by Gasteiger charge is 2.19. The number of amides is 1. The Balaban J connectivity index is 1.54. The maximum atomic E-state index is 11.6. The fourth-order valence-corrected chi connectivity index (χ4v) is 3.93. The van der Waals surface area contributed by atoms with Gasteiger partial charge in [0.05, 0.1) is 6.54 Å². The maximum Gasteiger partial charge on any atom is 0.234 e. The zero-order valence-electron chi connectivity index (χ0n) is 15.8. The van der Waals surface area contributed by atoms with Gasteiger partial charge in [0.2, 0.25) is 5.91 Å². The Kier molecular flexibility index (Phi) is 7.76. The van der Waals surface area contributed by atoms with Crippen molar-refractivity contribution in [1.82, 2.24) is 15.1 Å². The third-order valence-electron chi connectivity index (χ3n) is 5.13. The van der Waals surface area contributed by atoms with Gasteiger partial charge in [0, 0.05) is 36.8 Å². The summed E-state index contributed by atoms with van der Waals surface area (Å²) in [6.45, 7) is 5.45. The van der Waals surface area contributed by atoms with Gasteiger partial charge in [-0.05, 0) is 44.1 Å². The number of carbonyl (C=O) groups is 1. The zero-order valence-corrected chi connectivity index (χ0v) is 16.6. The SMILES string of the molecule is O=C1CN(Cc2cc(Cl)ccc2OCC(O)CN2CCCCCC2)CCN1. The van der Waals surface area contributed by atoms with Crippen LogP contribution in [0.25, 0.3) is 0 Å². The van der Waals surface area contributed by atoms with Crippen molar-refractivity contribution in [3.8, 4) is 5.75 Å². The van der Waals surface area contributed by atoms with Crippen molar-refractivity contribution in [2.45, 2.75) is 38.3 Å². The number of hydrogen-bond donors (Lipinski definition) is 2. The molecule has 0 saturated carbocycles. The molecule has 2 fully saturated rings. The van der Waals surface area contributed by atoms with Crippen LogP contribution in [-0.4, -0.2) is 72.8 Å². The number of aliphatic hydroxyl groups is 1. The average molecular weight is 396 g/mol. The maximum absolute atomic E-state index is 11.6. The molecule has 0 spiro atoms. The summed E-state index contributed by atoms with van der Waals surface area (Å²) in [4.78, 5) is 16.0. The summed E-state index contributed by atoms with van der Waals surface area (Å²) in [5, 5.41) is 13.9. The third kappa shape index (κ3) is 6.64. The largest absolute Gasteiger partial charge is 0.491 e. The number of halogens is 1. The highest BCUT2D eigenvalue weighted by Crippen LogP contribution is 2.25. The Morgan fingerprint density at radius 1 is 1.15 bits per heavy atom. The molecule has 7 heteroatoms. The number of nitrogens with one attached hydrogen (secondary N) is 1. The van der Waals surface area contributed by atoms with Crippen LogP contribution in [0, 0.1) is 0 Å². The van der Waals surface area contributed by atoms with E-state index in [-0.39, 0.29) is 12.5 Å². The van der Waals surface area contributed by atoms with Gasteiger partial charge >= 0.3 is 0 Å². The molecule has 1 atom stereocenters. The smallest absolute Gasteiger partial charge is 0.234 e. The first-order valence-electron chi connectivity index (χ1n) is 9.91. The van der Waals surface area contributed by atoms with Gasteiger partial charge in [-0.15, -0.1) is 0 Å². The molecule has 1 amide bonds. The minimum absolute atomic E-state index is 0.0404. The van der Waals surface area contributed by atoms with Crippen LogP contribution in [0.3, 0.4) is 0 Å². The number of piperazine rings is 1. The van der Waals surface area contributed by atoms with E-state index >= 15 is 0 Å². The zero-order chi connectivity index (χ0) is 19.1. The van der Waals surface area contributed by atoms with Crippen molar-refractivity contribution in [2.75, 3.05) is 45.9 Å². The normalized spacial score (nSPS) is 20.7. The quantitative estimate of drug-likeness (QED) is 0.738. The molecule has 2 saturated heterocycles. The Hall–Kier alpha value is -1.34. The molecule has 150 valence electrons. The van der Waals surface area contributed by atoms with E-state index in [0.717, 1.165) is 30.9 Å². The monoisotopic (exact) mass is 395 g/mol. The molecule has 27 heavy (non-hydrogen) atoms. The number of rotatable bonds is 7. The number of aliphatic hydroxyl groups excluding tert-OH is 1. The number of likely N-dealkylation sites (tertiary alicyclic amines) is 1. The lowest BCUT2D eigenvalue weighted by Gasteiger charge is -2.27. The highest BCUT2D eigenvalue weighted by atomic mass is 35.5. The van der Waals surface area contributed by atoms with E-state index < -0.39 is 6.10 Å². The van der Waals surface area contributed by atoms with Crippen LogP contribution in [0.5, 0.6) is 5.75 Å². The number of nitrogens with zero attached hydrogens (tertiary/aromatic N) is 2. The first kappa shape index (κ1) is 20.4. The second-order valence-electron chi connectivity index (χ2n) is 7.49. The molecule has 1 unspecified atom stereocenters. The van der Waals surface area contributed by atoms with Gasteiger partial charge in [-0.25, -0.2) is 0 Å². The summed E-state index contributed by atoms with van der Waals surface area (Å²) in [7, 11) is 0. The standard InChI is InChI=1S/C20H30ClN3O3/c21-17-5-6-19(16(11-17)12-24-10-7-22-20(26)14-24)27-15-18(25)13-23-8-3-1-2-4-9-23/h5-6,11,18,25H,1-4,7-10,12-15H2,(H,22,26). The van der Waals surface area contributed by atoms with Crippen LogP contribution in [0.15, 0.2) is 18.2 Å². The second kappa shape index (κ2) is 10.3. The molecule has 0 aliphatic carbocycles. The number of hydrogen-bond acceptors (Lipinski definition) is 5. The minimum atomic E-state index is -0.521. The molecule has 2 N–H and O–H groups in total. The van der Waals surface area contributed by atoms with Gasteiger partial charge in [0.15, 0.2) is 0 Å². The molecule has 1 aromatic rings. The topological polar surface area (TPSA) is 65.0 Å². The van der Waals surface area contributed by atoms with Crippen LogP contribution < -0.4 is 10.1 Å². The molecular weight excluding hydrogens is 366 g/mol. The summed E-state index contributed by atoms with van der Waals surface area (Å²) in [6.07, 6.45) is 4.46. The summed E-state index contributed by atoms with van der Waals surface area (Å²) in [5.41, 5.74) is 0.944. The van der Waals surface area contributed by atoms with Gasteiger partial charge in [0.25, 0.3) is 0 Å². The fourth-order valence-electron chi connectivity index (χ4n) is 3.74. The molecule has 0 radical (unpaired) electrons. The van der Waals surface area contributed by atoms with E-state index in [9.17, 15) is 9.90 Å².